The number of pyridine rings is 1. The summed E-state index contributed by atoms with van der Waals surface area (Å²) >= 11 is 5.95. The SMILES string of the molecule is Cc1cc(-c2cccc(Cl)c2)cnc1C. The van der Waals surface area contributed by atoms with Crippen molar-refractivity contribution >= 4 is 11.6 Å². The molecule has 15 heavy (non-hydrogen) atoms. The number of rotatable bonds is 1. The Bertz CT molecular complexity index is 492. The Kier molecular flexibility index (Phi) is 2.74. The minimum absolute atomic E-state index is 0.755. The fourth-order valence-electron chi connectivity index (χ4n) is 1.47. The average molecular weight is 218 g/mol. The predicted octanol–water partition coefficient (Wildman–Crippen LogP) is 4.02. The van der Waals surface area contributed by atoms with Crippen molar-refractivity contribution in [3.63, 3.8) is 0 Å². The van der Waals surface area contributed by atoms with Crippen LogP contribution in [0.5, 0.6) is 0 Å². The highest BCUT2D eigenvalue weighted by molar-refractivity contribution is 6.30. The lowest BCUT2D eigenvalue weighted by Crippen LogP contribution is -1.87. The molecule has 0 radical (unpaired) electrons. The summed E-state index contributed by atoms with van der Waals surface area (Å²) in [7, 11) is 0. The summed E-state index contributed by atoms with van der Waals surface area (Å²) in [4.78, 5) is 4.34. The van der Waals surface area contributed by atoms with Crippen molar-refractivity contribution < 1.29 is 0 Å². The van der Waals surface area contributed by atoms with E-state index in [0.29, 0.717) is 0 Å². The molecule has 1 heterocycles. The molecule has 2 rings (SSSR count). The Morgan fingerprint density at radius 1 is 1.07 bits per heavy atom. The van der Waals surface area contributed by atoms with E-state index in [1.807, 2.05) is 37.4 Å². The van der Waals surface area contributed by atoms with Crippen LogP contribution >= 0.6 is 11.6 Å². The van der Waals surface area contributed by atoms with Crippen molar-refractivity contribution in [1.29, 1.82) is 0 Å². The zero-order chi connectivity index (χ0) is 10.8. The standard InChI is InChI=1S/C13H12ClN/c1-9-6-12(8-15-10(9)2)11-4-3-5-13(14)7-11/h3-8H,1-2H3. The summed E-state index contributed by atoms with van der Waals surface area (Å²) in [6, 6.07) is 9.95. The molecular formula is C13H12ClN. The van der Waals surface area contributed by atoms with Gasteiger partial charge in [0.25, 0.3) is 0 Å². The fourth-order valence-corrected chi connectivity index (χ4v) is 1.66. The van der Waals surface area contributed by atoms with Gasteiger partial charge in [-0.05, 0) is 43.2 Å². The van der Waals surface area contributed by atoms with E-state index in [2.05, 4.69) is 18.0 Å². The lowest BCUT2D eigenvalue weighted by molar-refractivity contribution is 1.15. The normalized spacial score (nSPS) is 10.3. The first-order chi connectivity index (χ1) is 7.16. The third-order valence-corrected chi connectivity index (χ3v) is 2.73. The van der Waals surface area contributed by atoms with Crippen molar-refractivity contribution in [1.82, 2.24) is 4.98 Å². The van der Waals surface area contributed by atoms with E-state index in [1.54, 1.807) is 0 Å². The second-order valence-electron chi connectivity index (χ2n) is 3.64. The van der Waals surface area contributed by atoms with Crippen LogP contribution in [-0.2, 0) is 0 Å². The Morgan fingerprint density at radius 2 is 1.87 bits per heavy atom. The van der Waals surface area contributed by atoms with Crippen LogP contribution < -0.4 is 0 Å². The lowest BCUT2D eigenvalue weighted by Gasteiger charge is -2.04. The number of hydrogen-bond donors (Lipinski definition) is 0. The topological polar surface area (TPSA) is 12.9 Å². The van der Waals surface area contributed by atoms with Gasteiger partial charge in [-0.15, -0.1) is 0 Å². The quantitative estimate of drug-likeness (QED) is 0.703. The molecule has 76 valence electrons. The van der Waals surface area contributed by atoms with Gasteiger partial charge in [0.1, 0.15) is 0 Å². The molecule has 1 aromatic carbocycles. The summed E-state index contributed by atoms with van der Waals surface area (Å²) in [5.74, 6) is 0. The van der Waals surface area contributed by atoms with Crippen LogP contribution in [0.3, 0.4) is 0 Å². The number of aryl methyl sites for hydroxylation is 2. The Morgan fingerprint density at radius 3 is 2.53 bits per heavy atom. The molecule has 0 fully saturated rings. The first kappa shape index (κ1) is 10.2. The summed E-state index contributed by atoms with van der Waals surface area (Å²) in [6.45, 7) is 4.08. The molecule has 1 aromatic heterocycles. The molecule has 0 unspecified atom stereocenters. The lowest BCUT2D eigenvalue weighted by atomic mass is 10.1. The van der Waals surface area contributed by atoms with Crippen molar-refractivity contribution in [2.24, 2.45) is 0 Å². The maximum atomic E-state index is 5.95. The van der Waals surface area contributed by atoms with Crippen LogP contribution in [0.25, 0.3) is 11.1 Å². The van der Waals surface area contributed by atoms with Crippen LogP contribution in [0.1, 0.15) is 11.3 Å². The smallest absolute Gasteiger partial charge is 0.0412 e. The van der Waals surface area contributed by atoms with Gasteiger partial charge in [0.2, 0.25) is 0 Å². The van der Waals surface area contributed by atoms with Gasteiger partial charge >= 0.3 is 0 Å². The number of hydrogen-bond acceptors (Lipinski definition) is 1. The van der Waals surface area contributed by atoms with Crippen molar-refractivity contribution in [2.75, 3.05) is 0 Å². The molecule has 0 aliphatic heterocycles. The molecule has 0 saturated carbocycles. The van der Waals surface area contributed by atoms with E-state index >= 15 is 0 Å². The average Bonchev–Trinajstić information content (AvgIpc) is 2.22. The molecule has 0 aliphatic carbocycles. The molecule has 2 heteroatoms. The van der Waals surface area contributed by atoms with Crippen molar-refractivity contribution in [3.8, 4) is 11.1 Å². The first-order valence-corrected chi connectivity index (χ1v) is 5.24. The van der Waals surface area contributed by atoms with Gasteiger partial charge in [-0.3, -0.25) is 4.98 Å². The summed E-state index contributed by atoms with van der Waals surface area (Å²) < 4.78 is 0. The second-order valence-corrected chi connectivity index (χ2v) is 4.07. The molecule has 1 nitrogen and oxygen atoms in total. The zero-order valence-electron chi connectivity index (χ0n) is 8.79. The molecule has 0 aliphatic rings. The molecular weight excluding hydrogens is 206 g/mol. The van der Waals surface area contributed by atoms with E-state index < -0.39 is 0 Å². The Hall–Kier alpha value is -1.34. The van der Waals surface area contributed by atoms with Gasteiger partial charge in [-0.25, -0.2) is 0 Å². The van der Waals surface area contributed by atoms with Gasteiger partial charge in [-0.2, -0.15) is 0 Å². The summed E-state index contributed by atoms with van der Waals surface area (Å²) in [5, 5.41) is 0.755. The fraction of sp³-hybridized carbons (Fsp3) is 0.154. The molecule has 0 spiro atoms. The minimum atomic E-state index is 0.755. The monoisotopic (exact) mass is 217 g/mol. The van der Waals surface area contributed by atoms with E-state index in [1.165, 1.54) is 5.56 Å². The van der Waals surface area contributed by atoms with E-state index in [9.17, 15) is 0 Å². The Labute approximate surface area is 94.7 Å². The first-order valence-electron chi connectivity index (χ1n) is 4.86. The Balaban J connectivity index is 2.50. The molecule has 0 bridgehead atoms. The molecule has 2 aromatic rings. The van der Waals surface area contributed by atoms with Gasteiger partial charge in [0, 0.05) is 22.5 Å². The maximum Gasteiger partial charge on any atom is 0.0412 e. The van der Waals surface area contributed by atoms with Crippen molar-refractivity contribution in [3.05, 3.63) is 52.8 Å². The van der Waals surface area contributed by atoms with Gasteiger partial charge in [0.15, 0.2) is 0 Å². The van der Waals surface area contributed by atoms with Crippen LogP contribution in [0.15, 0.2) is 36.5 Å². The van der Waals surface area contributed by atoms with E-state index in [0.717, 1.165) is 21.8 Å². The predicted molar refractivity (Wildman–Crippen MR) is 64.2 cm³/mol. The maximum absolute atomic E-state index is 5.95. The highest BCUT2D eigenvalue weighted by atomic mass is 35.5. The van der Waals surface area contributed by atoms with Gasteiger partial charge in [-0.1, -0.05) is 23.7 Å². The van der Waals surface area contributed by atoms with Crippen LogP contribution in [0.2, 0.25) is 5.02 Å². The third kappa shape index (κ3) is 2.18. The van der Waals surface area contributed by atoms with Crippen LogP contribution in [-0.4, -0.2) is 4.98 Å². The van der Waals surface area contributed by atoms with Crippen LogP contribution in [0, 0.1) is 13.8 Å². The number of aromatic nitrogens is 1. The zero-order valence-corrected chi connectivity index (χ0v) is 9.55. The minimum Gasteiger partial charge on any atom is -0.261 e. The third-order valence-electron chi connectivity index (χ3n) is 2.50. The second kappa shape index (κ2) is 4.03. The molecule has 0 amide bonds. The van der Waals surface area contributed by atoms with Gasteiger partial charge in [0.05, 0.1) is 0 Å². The molecule has 0 atom stereocenters. The van der Waals surface area contributed by atoms with E-state index in [-0.39, 0.29) is 0 Å². The number of halogens is 1. The van der Waals surface area contributed by atoms with Gasteiger partial charge < -0.3 is 0 Å². The highest BCUT2D eigenvalue weighted by Crippen LogP contribution is 2.23. The molecule has 0 saturated heterocycles. The molecule has 0 N–H and O–H groups in total. The van der Waals surface area contributed by atoms with E-state index in [4.69, 9.17) is 11.6 Å². The number of nitrogens with zero attached hydrogens (tertiary/aromatic N) is 1. The summed E-state index contributed by atoms with van der Waals surface area (Å²) in [5.41, 5.74) is 4.49. The largest absolute Gasteiger partial charge is 0.261 e. The highest BCUT2D eigenvalue weighted by Gasteiger charge is 2.01. The number of benzene rings is 1. The van der Waals surface area contributed by atoms with Crippen molar-refractivity contribution in [2.45, 2.75) is 13.8 Å². The summed E-state index contributed by atoms with van der Waals surface area (Å²) in [6.07, 6.45) is 1.88. The van der Waals surface area contributed by atoms with Crippen LogP contribution in [0.4, 0.5) is 0 Å².